The lowest BCUT2D eigenvalue weighted by atomic mass is 9.87. The lowest BCUT2D eigenvalue weighted by molar-refractivity contribution is -0.132. The van der Waals surface area contributed by atoms with Crippen molar-refractivity contribution in [3.05, 3.63) is 114 Å². The third-order valence-corrected chi connectivity index (χ3v) is 8.75. The van der Waals surface area contributed by atoms with Crippen LogP contribution >= 0.6 is 0 Å². The molecule has 0 bridgehead atoms. The lowest BCUT2D eigenvalue weighted by Gasteiger charge is -2.28. The van der Waals surface area contributed by atoms with Gasteiger partial charge in [-0.25, -0.2) is 10.8 Å². The minimum atomic E-state index is -1.17. The third kappa shape index (κ3) is 8.84. The molecule has 5 rings (SSSR count). The Bertz CT molecular complexity index is 1750. The molecule has 1 heterocycles. The Balaban J connectivity index is 1.45. The van der Waals surface area contributed by atoms with E-state index in [1.54, 1.807) is 6.20 Å². The normalized spacial score (nSPS) is 13.4. The number of nitrogens with two attached hydrogens (primary N) is 1. The highest BCUT2D eigenvalue weighted by Crippen LogP contribution is 2.26. The van der Waals surface area contributed by atoms with Gasteiger partial charge in [-0.3, -0.25) is 19.8 Å². The van der Waals surface area contributed by atoms with Crippen molar-refractivity contribution in [2.45, 2.75) is 64.1 Å². The maximum atomic E-state index is 14.4. The summed E-state index contributed by atoms with van der Waals surface area (Å²) < 4.78 is 0. The zero-order valence-corrected chi connectivity index (χ0v) is 27.4. The first kappa shape index (κ1) is 34.3. The summed E-state index contributed by atoms with van der Waals surface area (Å²) in [5.74, 6) is 3.57. The quantitative estimate of drug-likeness (QED) is 0.0569. The SMILES string of the molecule is CC(C)C[C@H](NC(=O)[C@H](Cc1cnc[nH]1)NC(=O)C(Cc1cccc2ccccc12)Cc1cccc2ccccc12)[C@@H](O)CC(=O)NN. The zero-order valence-electron chi connectivity index (χ0n) is 27.4. The molecule has 1 aromatic heterocycles. The fourth-order valence-corrected chi connectivity index (χ4v) is 6.34. The Hall–Kier alpha value is -5.06. The Morgan fingerprint density at radius 1 is 0.792 bits per heavy atom. The van der Waals surface area contributed by atoms with E-state index in [1.165, 1.54) is 6.33 Å². The Morgan fingerprint density at radius 3 is 1.92 bits per heavy atom. The van der Waals surface area contributed by atoms with Crippen LogP contribution in [0.1, 0.15) is 43.5 Å². The summed E-state index contributed by atoms with van der Waals surface area (Å²) >= 11 is 0. The number of rotatable bonds is 15. The van der Waals surface area contributed by atoms with Crippen LogP contribution in [-0.2, 0) is 33.6 Å². The minimum absolute atomic E-state index is 0.109. The molecule has 0 spiro atoms. The van der Waals surface area contributed by atoms with Crippen LogP contribution in [0.25, 0.3) is 21.5 Å². The molecule has 0 aliphatic heterocycles. The maximum absolute atomic E-state index is 14.4. The number of aromatic nitrogens is 2. The molecule has 0 unspecified atom stereocenters. The van der Waals surface area contributed by atoms with Crippen molar-refractivity contribution < 1.29 is 19.5 Å². The predicted octanol–water partition coefficient (Wildman–Crippen LogP) is 4.12. The second kappa shape index (κ2) is 16.2. The van der Waals surface area contributed by atoms with E-state index in [0.717, 1.165) is 32.7 Å². The van der Waals surface area contributed by atoms with Crippen molar-refractivity contribution in [2.75, 3.05) is 0 Å². The number of H-pyrrole nitrogens is 1. The van der Waals surface area contributed by atoms with E-state index >= 15 is 0 Å². The number of aromatic amines is 1. The maximum Gasteiger partial charge on any atom is 0.243 e. The summed E-state index contributed by atoms with van der Waals surface area (Å²) in [7, 11) is 0. The molecule has 10 heteroatoms. The number of fused-ring (bicyclic) bond motifs is 2. The first-order valence-electron chi connectivity index (χ1n) is 16.4. The van der Waals surface area contributed by atoms with E-state index in [4.69, 9.17) is 5.84 Å². The number of hydrogen-bond acceptors (Lipinski definition) is 6. The van der Waals surface area contributed by atoms with Crippen LogP contribution in [0.4, 0.5) is 0 Å². The number of amides is 3. The van der Waals surface area contributed by atoms with Crippen molar-refractivity contribution >= 4 is 39.3 Å². The van der Waals surface area contributed by atoms with Gasteiger partial charge in [-0.1, -0.05) is 98.8 Å². The molecule has 0 saturated heterocycles. The highest BCUT2D eigenvalue weighted by molar-refractivity contribution is 5.91. The largest absolute Gasteiger partial charge is 0.390 e. The molecule has 0 aliphatic rings. The van der Waals surface area contributed by atoms with Gasteiger partial charge in [-0.2, -0.15) is 0 Å². The van der Waals surface area contributed by atoms with E-state index in [9.17, 15) is 19.5 Å². The molecule has 3 amide bonds. The molecule has 3 atom stereocenters. The first-order chi connectivity index (χ1) is 23.2. The molecule has 4 aromatic carbocycles. The molecular formula is C38H44N6O4. The number of aliphatic hydroxyl groups excluding tert-OH is 1. The highest BCUT2D eigenvalue weighted by atomic mass is 16.3. The third-order valence-electron chi connectivity index (χ3n) is 8.75. The number of nitrogens with one attached hydrogen (secondary N) is 4. The van der Waals surface area contributed by atoms with Crippen molar-refractivity contribution in [3.63, 3.8) is 0 Å². The number of nitrogens with zero attached hydrogens (tertiary/aromatic N) is 1. The molecule has 0 saturated carbocycles. The summed E-state index contributed by atoms with van der Waals surface area (Å²) in [5.41, 5.74) is 4.78. The van der Waals surface area contributed by atoms with E-state index < -0.39 is 35.9 Å². The number of aliphatic hydroxyl groups is 1. The van der Waals surface area contributed by atoms with Crippen LogP contribution in [-0.4, -0.2) is 51.0 Å². The number of hydrogen-bond donors (Lipinski definition) is 6. The fraction of sp³-hybridized carbons (Fsp3) is 0.316. The van der Waals surface area contributed by atoms with Crippen LogP contribution in [0.3, 0.4) is 0 Å². The second-order valence-corrected chi connectivity index (χ2v) is 12.8. The monoisotopic (exact) mass is 648 g/mol. The van der Waals surface area contributed by atoms with Crippen LogP contribution in [0.2, 0.25) is 0 Å². The number of benzene rings is 4. The number of hydrazine groups is 1. The van der Waals surface area contributed by atoms with E-state index in [-0.39, 0.29) is 24.7 Å². The van der Waals surface area contributed by atoms with E-state index in [2.05, 4.69) is 69.1 Å². The van der Waals surface area contributed by atoms with Crippen molar-refractivity contribution in [3.8, 4) is 0 Å². The number of carbonyl (C=O) groups is 3. The standard InChI is InChI=1S/C38H44N6O4/c1-24(2)17-33(35(45)21-36(46)44-39)42-38(48)34(20-30-22-40-23-41-30)43-37(47)29(18-27-13-7-11-25-9-3-5-15-31(25)27)19-28-14-8-12-26-10-4-6-16-32(26)28/h3-16,22-24,29,33-35,45H,17-21,39H2,1-2H3,(H,40,41)(H,42,48)(H,43,47)(H,44,46)/t33-,34-,35-/m0/s1. The summed E-state index contributed by atoms with van der Waals surface area (Å²) in [6, 6.07) is 26.7. The van der Waals surface area contributed by atoms with Crippen molar-refractivity contribution in [1.29, 1.82) is 0 Å². The van der Waals surface area contributed by atoms with Crippen molar-refractivity contribution in [2.24, 2.45) is 17.7 Å². The summed E-state index contributed by atoms with van der Waals surface area (Å²) in [5, 5.41) is 21.2. The van der Waals surface area contributed by atoms with Gasteiger partial charge in [0, 0.05) is 24.2 Å². The van der Waals surface area contributed by atoms with Gasteiger partial charge in [0.1, 0.15) is 6.04 Å². The average Bonchev–Trinajstić information content (AvgIpc) is 3.60. The summed E-state index contributed by atoms with van der Waals surface area (Å²) in [6.45, 7) is 3.92. The van der Waals surface area contributed by atoms with Gasteiger partial charge in [0.25, 0.3) is 0 Å². The second-order valence-electron chi connectivity index (χ2n) is 12.8. The summed E-state index contributed by atoms with van der Waals surface area (Å²) in [6.07, 6.45) is 3.17. The van der Waals surface area contributed by atoms with Gasteiger partial charge in [0.05, 0.1) is 24.9 Å². The van der Waals surface area contributed by atoms with Gasteiger partial charge in [-0.05, 0) is 57.9 Å². The van der Waals surface area contributed by atoms with Crippen LogP contribution < -0.4 is 21.9 Å². The minimum Gasteiger partial charge on any atom is -0.390 e. The zero-order chi connectivity index (χ0) is 34.0. The molecule has 0 aliphatic carbocycles. The Morgan fingerprint density at radius 2 is 1.38 bits per heavy atom. The molecule has 0 radical (unpaired) electrons. The van der Waals surface area contributed by atoms with Gasteiger partial charge >= 0.3 is 0 Å². The van der Waals surface area contributed by atoms with Gasteiger partial charge in [0.2, 0.25) is 17.7 Å². The average molecular weight is 649 g/mol. The smallest absolute Gasteiger partial charge is 0.243 e. The molecule has 5 aromatic rings. The first-order valence-corrected chi connectivity index (χ1v) is 16.4. The summed E-state index contributed by atoms with van der Waals surface area (Å²) in [4.78, 5) is 47.4. The number of imidazole rings is 1. The highest BCUT2D eigenvalue weighted by Gasteiger charge is 2.31. The van der Waals surface area contributed by atoms with Crippen LogP contribution in [0.15, 0.2) is 97.5 Å². The van der Waals surface area contributed by atoms with Gasteiger partial charge < -0.3 is 20.7 Å². The molecule has 250 valence electrons. The van der Waals surface area contributed by atoms with Crippen molar-refractivity contribution in [1.82, 2.24) is 26.0 Å². The Kier molecular flexibility index (Phi) is 11.5. The van der Waals surface area contributed by atoms with E-state index in [0.29, 0.717) is 25.0 Å². The molecule has 7 N–H and O–H groups in total. The van der Waals surface area contributed by atoms with Crippen LogP contribution in [0, 0.1) is 11.8 Å². The fourth-order valence-electron chi connectivity index (χ4n) is 6.34. The topological polar surface area (TPSA) is 162 Å². The molecule has 0 fully saturated rings. The number of carbonyl (C=O) groups excluding carboxylic acids is 3. The van der Waals surface area contributed by atoms with E-state index in [1.807, 2.05) is 55.7 Å². The van der Waals surface area contributed by atoms with Crippen LogP contribution in [0.5, 0.6) is 0 Å². The van der Waals surface area contributed by atoms with Gasteiger partial charge in [0.15, 0.2) is 0 Å². The van der Waals surface area contributed by atoms with Gasteiger partial charge in [-0.15, -0.1) is 0 Å². The Labute approximate surface area is 280 Å². The molecule has 10 nitrogen and oxygen atoms in total. The lowest BCUT2D eigenvalue weighted by Crippen LogP contribution is -2.55. The molecule has 48 heavy (non-hydrogen) atoms. The predicted molar refractivity (Wildman–Crippen MR) is 187 cm³/mol. The molecular weight excluding hydrogens is 604 g/mol.